The number of nitrogens with one attached hydrogen (secondary N) is 1. The summed E-state index contributed by atoms with van der Waals surface area (Å²) in [4.78, 5) is 14.2. The van der Waals surface area contributed by atoms with Crippen LogP contribution in [0.4, 0.5) is 4.39 Å². The van der Waals surface area contributed by atoms with Gasteiger partial charge >= 0.3 is 0 Å². The van der Waals surface area contributed by atoms with Gasteiger partial charge in [0.1, 0.15) is 10.7 Å². The molecule has 1 fully saturated rings. The van der Waals surface area contributed by atoms with Gasteiger partial charge in [-0.05, 0) is 36.8 Å². The highest BCUT2D eigenvalue weighted by atomic mass is 32.2. The van der Waals surface area contributed by atoms with Crippen LogP contribution in [0.15, 0.2) is 47.4 Å². The van der Waals surface area contributed by atoms with Gasteiger partial charge in [0.2, 0.25) is 22.7 Å². The van der Waals surface area contributed by atoms with Crippen LogP contribution < -0.4 is 14.8 Å². The highest BCUT2D eigenvalue weighted by Gasteiger charge is 2.33. The zero-order valence-electron chi connectivity index (χ0n) is 17.1. The van der Waals surface area contributed by atoms with E-state index in [1.807, 2.05) is 23.1 Å². The zero-order valence-corrected chi connectivity index (χ0v) is 17.9. The molecule has 1 amide bonds. The van der Waals surface area contributed by atoms with Crippen LogP contribution in [-0.2, 0) is 21.4 Å². The molecule has 2 aliphatic heterocycles. The Morgan fingerprint density at radius 3 is 2.55 bits per heavy atom. The highest BCUT2D eigenvalue weighted by Crippen LogP contribution is 2.32. The van der Waals surface area contributed by atoms with Crippen molar-refractivity contribution in [3.05, 3.63) is 53.8 Å². The zero-order chi connectivity index (χ0) is 22.0. The van der Waals surface area contributed by atoms with E-state index in [1.165, 1.54) is 22.5 Å². The molecule has 0 radical (unpaired) electrons. The first-order chi connectivity index (χ1) is 14.9. The summed E-state index contributed by atoms with van der Waals surface area (Å²) in [6.45, 7) is 3.48. The van der Waals surface area contributed by atoms with Crippen LogP contribution in [0, 0.1) is 5.82 Å². The van der Waals surface area contributed by atoms with Crippen molar-refractivity contribution in [3.63, 3.8) is 0 Å². The molecule has 2 heterocycles. The number of carbonyl (C=O) groups excluding carboxylic acids is 1. The minimum Gasteiger partial charge on any atom is -0.454 e. The molecule has 0 spiro atoms. The molecule has 31 heavy (non-hydrogen) atoms. The van der Waals surface area contributed by atoms with Gasteiger partial charge in [-0.3, -0.25) is 9.69 Å². The van der Waals surface area contributed by atoms with Crippen molar-refractivity contribution < 1.29 is 27.1 Å². The third-order valence-corrected chi connectivity index (χ3v) is 7.49. The van der Waals surface area contributed by atoms with Crippen molar-refractivity contribution in [1.29, 1.82) is 0 Å². The molecule has 0 bridgehead atoms. The summed E-state index contributed by atoms with van der Waals surface area (Å²) in [6, 6.07) is 10.4. The number of hydrogen-bond donors (Lipinski definition) is 1. The van der Waals surface area contributed by atoms with E-state index in [-0.39, 0.29) is 30.7 Å². The van der Waals surface area contributed by atoms with E-state index >= 15 is 0 Å². The number of sulfonamides is 1. The third-order valence-electron chi connectivity index (χ3n) is 5.56. The number of ether oxygens (including phenoxy) is 2. The summed E-state index contributed by atoms with van der Waals surface area (Å²) in [5, 5.41) is 2.90. The second kappa shape index (κ2) is 8.81. The van der Waals surface area contributed by atoms with E-state index in [9.17, 15) is 17.6 Å². The summed E-state index contributed by atoms with van der Waals surface area (Å²) < 4.78 is 51.3. The number of amides is 1. The van der Waals surface area contributed by atoms with E-state index in [0.717, 1.165) is 11.6 Å². The summed E-state index contributed by atoms with van der Waals surface area (Å²) in [7, 11) is -3.90. The van der Waals surface area contributed by atoms with E-state index in [0.29, 0.717) is 31.1 Å². The Labute approximate surface area is 180 Å². The first kappa shape index (κ1) is 21.5. The molecule has 1 N–H and O–H groups in total. The number of rotatable bonds is 6. The van der Waals surface area contributed by atoms with Crippen LogP contribution in [0.3, 0.4) is 0 Å². The Kier molecular flexibility index (Phi) is 6.12. The lowest BCUT2D eigenvalue weighted by atomic mass is 10.2. The number of hydrogen-bond acceptors (Lipinski definition) is 6. The normalized spacial score (nSPS) is 18.0. The first-order valence-corrected chi connectivity index (χ1v) is 11.5. The SMILES string of the molecule is C[C@H](C(=O)NCc1ccc2c(c1)OCO2)N1CCN(S(=O)(=O)c2ccccc2F)CC1. The quantitative estimate of drug-likeness (QED) is 0.720. The maximum atomic E-state index is 14.0. The minimum atomic E-state index is -3.90. The fourth-order valence-corrected chi connectivity index (χ4v) is 5.17. The second-order valence-corrected chi connectivity index (χ2v) is 9.36. The van der Waals surface area contributed by atoms with Gasteiger partial charge in [0.25, 0.3) is 0 Å². The lowest BCUT2D eigenvalue weighted by molar-refractivity contribution is -0.126. The lowest BCUT2D eigenvalue weighted by Crippen LogP contribution is -2.54. The maximum Gasteiger partial charge on any atom is 0.246 e. The molecule has 1 atom stereocenters. The molecule has 4 rings (SSSR count). The molecule has 2 aromatic rings. The first-order valence-electron chi connectivity index (χ1n) is 10.0. The number of fused-ring (bicyclic) bond motifs is 1. The molecule has 0 unspecified atom stereocenters. The Hall–Kier alpha value is -2.69. The summed E-state index contributed by atoms with van der Waals surface area (Å²) in [5.41, 5.74) is 0.894. The molecule has 0 aliphatic carbocycles. The minimum absolute atomic E-state index is 0.150. The monoisotopic (exact) mass is 449 g/mol. The molecule has 0 saturated carbocycles. The van der Waals surface area contributed by atoms with Gasteiger partial charge in [0, 0.05) is 32.7 Å². The topological polar surface area (TPSA) is 88.2 Å². The molecule has 1 saturated heterocycles. The molecule has 0 aromatic heterocycles. The Balaban J connectivity index is 1.31. The second-order valence-electron chi connectivity index (χ2n) is 7.45. The molecule has 8 nitrogen and oxygen atoms in total. The van der Waals surface area contributed by atoms with E-state index < -0.39 is 21.9 Å². The van der Waals surface area contributed by atoms with Crippen LogP contribution in [0.2, 0.25) is 0 Å². The smallest absolute Gasteiger partial charge is 0.246 e. The van der Waals surface area contributed by atoms with Crippen LogP contribution >= 0.6 is 0 Å². The van der Waals surface area contributed by atoms with Gasteiger partial charge in [0.05, 0.1) is 6.04 Å². The van der Waals surface area contributed by atoms with Crippen molar-refractivity contribution in [2.75, 3.05) is 33.0 Å². The fourth-order valence-electron chi connectivity index (χ4n) is 3.68. The van der Waals surface area contributed by atoms with E-state index in [1.54, 1.807) is 6.92 Å². The number of benzene rings is 2. The number of carbonyl (C=O) groups is 1. The predicted octanol–water partition coefficient (Wildman–Crippen LogP) is 1.57. The van der Waals surface area contributed by atoms with E-state index in [2.05, 4.69) is 5.32 Å². The van der Waals surface area contributed by atoms with Crippen LogP contribution in [0.25, 0.3) is 0 Å². The van der Waals surface area contributed by atoms with Crippen molar-refractivity contribution in [2.24, 2.45) is 0 Å². The molecule has 2 aliphatic rings. The third kappa shape index (κ3) is 4.51. The van der Waals surface area contributed by atoms with Gasteiger partial charge in [-0.2, -0.15) is 4.31 Å². The predicted molar refractivity (Wildman–Crippen MR) is 111 cm³/mol. The summed E-state index contributed by atoms with van der Waals surface area (Å²) >= 11 is 0. The largest absolute Gasteiger partial charge is 0.454 e. The average Bonchev–Trinajstić information content (AvgIpc) is 3.25. The highest BCUT2D eigenvalue weighted by molar-refractivity contribution is 7.89. The summed E-state index contributed by atoms with van der Waals surface area (Å²) in [5.74, 6) is 0.433. The van der Waals surface area contributed by atoms with Crippen LogP contribution in [0.1, 0.15) is 12.5 Å². The number of piperazine rings is 1. The summed E-state index contributed by atoms with van der Waals surface area (Å²) in [6.07, 6.45) is 0. The Morgan fingerprint density at radius 1 is 1.10 bits per heavy atom. The van der Waals surface area contributed by atoms with Crippen molar-refractivity contribution >= 4 is 15.9 Å². The van der Waals surface area contributed by atoms with Gasteiger partial charge in [-0.25, -0.2) is 12.8 Å². The molecular formula is C21H24FN3O5S. The maximum absolute atomic E-state index is 14.0. The lowest BCUT2D eigenvalue weighted by Gasteiger charge is -2.36. The number of halogens is 1. The molecular weight excluding hydrogens is 425 g/mol. The fraction of sp³-hybridized carbons (Fsp3) is 0.381. The van der Waals surface area contributed by atoms with Crippen molar-refractivity contribution in [3.8, 4) is 11.5 Å². The Morgan fingerprint density at radius 2 is 1.81 bits per heavy atom. The van der Waals surface area contributed by atoms with Gasteiger partial charge in [0.15, 0.2) is 11.5 Å². The number of nitrogens with zero attached hydrogens (tertiary/aromatic N) is 2. The average molecular weight is 450 g/mol. The van der Waals surface area contributed by atoms with Gasteiger partial charge in [-0.1, -0.05) is 18.2 Å². The Bertz CT molecular complexity index is 1070. The van der Waals surface area contributed by atoms with Gasteiger partial charge < -0.3 is 14.8 Å². The molecule has 10 heteroatoms. The van der Waals surface area contributed by atoms with Crippen LogP contribution in [-0.4, -0.2) is 62.5 Å². The van der Waals surface area contributed by atoms with Crippen molar-refractivity contribution in [1.82, 2.24) is 14.5 Å². The standard InChI is InChI=1S/C21H24FN3O5S/c1-15(21(26)23-13-16-6-7-18-19(12-16)30-14-29-18)24-8-10-25(11-9-24)31(27,28)20-5-3-2-4-17(20)22/h2-7,12,15H,8-11,13-14H2,1H3,(H,23,26)/t15-/m1/s1. The molecule has 166 valence electrons. The van der Waals surface area contributed by atoms with Crippen molar-refractivity contribution in [2.45, 2.75) is 24.4 Å². The molecule has 2 aromatic carbocycles. The van der Waals surface area contributed by atoms with E-state index in [4.69, 9.17) is 9.47 Å². The van der Waals surface area contributed by atoms with Gasteiger partial charge in [-0.15, -0.1) is 0 Å². The van der Waals surface area contributed by atoms with Crippen LogP contribution in [0.5, 0.6) is 11.5 Å².